The van der Waals surface area contributed by atoms with Crippen LogP contribution in [0.2, 0.25) is 0 Å². The van der Waals surface area contributed by atoms with Crippen LogP contribution in [0.3, 0.4) is 0 Å². The monoisotopic (exact) mass is 399 g/mol. The van der Waals surface area contributed by atoms with Crippen molar-refractivity contribution >= 4 is 22.9 Å². The maximum atomic E-state index is 10.1. The molecule has 0 aliphatic heterocycles. The lowest BCUT2D eigenvalue weighted by Crippen LogP contribution is -2.25. The number of nitrogens with one attached hydrogen (secondary N) is 2. The van der Waals surface area contributed by atoms with Crippen molar-refractivity contribution in [2.75, 3.05) is 17.2 Å². The summed E-state index contributed by atoms with van der Waals surface area (Å²) in [6.07, 6.45) is 4.88. The van der Waals surface area contributed by atoms with Gasteiger partial charge in [-0.3, -0.25) is 4.98 Å². The fourth-order valence-electron chi connectivity index (χ4n) is 2.62. The molecule has 0 aromatic carbocycles. The molecule has 1 atom stereocenters. The van der Waals surface area contributed by atoms with Crippen molar-refractivity contribution in [3.8, 4) is 0 Å². The first-order valence-corrected chi connectivity index (χ1v) is 10.2. The van der Waals surface area contributed by atoms with E-state index in [-0.39, 0.29) is 12.0 Å². The number of aromatic nitrogens is 5. The van der Waals surface area contributed by atoms with Crippen molar-refractivity contribution in [3.63, 3.8) is 0 Å². The Morgan fingerprint density at radius 3 is 2.48 bits per heavy atom. The molecule has 8 heteroatoms. The van der Waals surface area contributed by atoms with Crippen LogP contribution in [0.25, 0.3) is 11.2 Å². The smallest absolute Gasteiger partial charge is 0.226 e. The van der Waals surface area contributed by atoms with E-state index in [0.717, 1.165) is 16.7 Å². The molecule has 0 radical (unpaired) electrons. The lowest BCUT2D eigenvalue weighted by atomic mass is 10.1. The molecule has 3 heterocycles. The number of pyridine rings is 1. The van der Waals surface area contributed by atoms with E-state index < -0.39 is 6.10 Å². The molecule has 0 spiro atoms. The van der Waals surface area contributed by atoms with Gasteiger partial charge in [-0.05, 0) is 31.4 Å². The summed E-state index contributed by atoms with van der Waals surface area (Å²) in [5.41, 5.74) is 2.54. The first-order valence-electron chi connectivity index (χ1n) is 10.2. The number of fused-ring (bicyclic) bond motifs is 1. The lowest BCUT2D eigenvalue weighted by Gasteiger charge is -2.16. The predicted molar refractivity (Wildman–Crippen MR) is 118 cm³/mol. The van der Waals surface area contributed by atoms with E-state index >= 15 is 0 Å². The van der Waals surface area contributed by atoms with Crippen molar-refractivity contribution in [2.24, 2.45) is 5.92 Å². The van der Waals surface area contributed by atoms with E-state index in [4.69, 9.17) is 0 Å². The molecule has 0 saturated heterocycles. The first-order chi connectivity index (χ1) is 14.0. The molecule has 0 aliphatic rings. The Morgan fingerprint density at radius 2 is 1.86 bits per heavy atom. The topological polar surface area (TPSA) is 101 Å². The van der Waals surface area contributed by atoms with E-state index in [9.17, 15) is 5.11 Å². The summed E-state index contributed by atoms with van der Waals surface area (Å²) in [6.45, 7) is 13.1. The van der Waals surface area contributed by atoms with Crippen LogP contribution in [0.1, 0.15) is 53.1 Å². The Labute approximate surface area is 172 Å². The SMILES string of the molecule is CC.CC(C)C(O)CNc1nc(NCc2cccnc2)c2ncn(C(C)C)c2n1. The van der Waals surface area contributed by atoms with Crippen molar-refractivity contribution < 1.29 is 5.11 Å². The van der Waals surface area contributed by atoms with Gasteiger partial charge in [0.1, 0.15) is 0 Å². The number of hydrogen-bond acceptors (Lipinski definition) is 7. The molecule has 3 rings (SSSR count). The Bertz CT molecular complexity index is 877. The third-order valence-corrected chi connectivity index (χ3v) is 4.40. The standard InChI is InChI=1S/C19H27N7O.C2H6/c1-12(2)15(27)10-22-19-24-17(21-9-14-6-5-7-20-8-14)16-18(25-19)26(11-23-16)13(3)4;1-2/h5-8,11-13,15,27H,9-10H2,1-4H3,(H2,21,22,24,25);1-2H3. The first kappa shape index (κ1) is 22.5. The lowest BCUT2D eigenvalue weighted by molar-refractivity contribution is 0.137. The van der Waals surface area contributed by atoms with Crippen LogP contribution >= 0.6 is 0 Å². The average molecular weight is 400 g/mol. The predicted octanol–water partition coefficient (Wildman–Crippen LogP) is 3.87. The van der Waals surface area contributed by atoms with Gasteiger partial charge in [-0.2, -0.15) is 9.97 Å². The van der Waals surface area contributed by atoms with E-state index in [1.54, 1.807) is 12.5 Å². The number of nitrogens with zero attached hydrogens (tertiary/aromatic N) is 5. The van der Waals surface area contributed by atoms with Crippen LogP contribution in [-0.4, -0.2) is 42.3 Å². The molecule has 29 heavy (non-hydrogen) atoms. The third kappa shape index (κ3) is 5.87. The van der Waals surface area contributed by atoms with Gasteiger partial charge in [-0.25, -0.2) is 4.98 Å². The molecule has 0 fully saturated rings. The molecule has 8 nitrogen and oxygen atoms in total. The molecule has 1 unspecified atom stereocenters. The van der Waals surface area contributed by atoms with Gasteiger partial charge in [0.2, 0.25) is 5.95 Å². The summed E-state index contributed by atoms with van der Waals surface area (Å²) in [4.78, 5) is 17.8. The summed E-state index contributed by atoms with van der Waals surface area (Å²) in [5, 5.41) is 16.6. The van der Waals surface area contributed by atoms with Crippen molar-refractivity contribution in [1.82, 2.24) is 24.5 Å². The van der Waals surface area contributed by atoms with Crippen LogP contribution in [0.15, 0.2) is 30.9 Å². The number of imidazole rings is 1. The Balaban J connectivity index is 0.00000145. The maximum absolute atomic E-state index is 10.1. The highest BCUT2D eigenvalue weighted by atomic mass is 16.3. The molecule has 158 valence electrons. The van der Waals surface area contributed by atoms with E-state index in [0.29, 0.717) is 24.9 Å². The van der Waals surface area contributed by atoms with E-state index in [1.165, 1.54) is 0 Å². The van der Waals surface area contributed by atoms with Crippen LogP contribution in [0, 0.1) is 5.92 Å². The summed E-state index contributed by atoms with van der Waals surface area (Å²) in [7, 11) is 0. The molecule has 0 aliphatic carbocycles. The summed E-state index contributed by atoms with van der Waals surface area (Å²) >= 11 is 0. The van der Waals surface area contributed by atoms with Crippen molar-refractivity contribution in [1.29, 1.82) is 0 Å². The van der Waals surface area contributed by atoms with Crippen LogP contribution in [0.5, 0.6) is 0 Å². The van der Waals surface area contributed by atoms with E-state index in [2.05, 4.69) is 44.4 Å². The summed E-state index contributed by atoms with van der Waals surface area (Å²) in [5.74, 6) is 1.29. The van der Waals surface area contributed by atoms with Gasteiger partial charge in [0.05, 0.1) is 12.4 Å². The minimum Gasteiger partial charge on any atom is -0.391 e. The zero-order chi connectivity index (χ0) is 21.4. The molecule has 3 aromatic heterocycles. The number of aliphatic hydroxyl groups excluding tert-OH is 1. The Morgan fingerprint density at radius 1 is 1.10 bits per heavy atom. The van der Waals surface area contributed by atoms with Crippen molar-refractivity contribution in [2.45, 2.75) is 60.2 Å². The van der Waals surface area contributed by atoms with Crippen LogP contribution in [-0.2, 0) is 6.54 Å². The fraction of sp³-hybridized carbons (Fsp3) is 0.524. The number of aliphatic hydroxyl groups is 1. The minimum atomic E-state index is -0.467. The molecule has 3 aromatic rings. The highest BCUT2D eigenvalue weighted by Crippen LogP contribution is 2.24. The second-order valence-electron chi connectivity index (χ2n) is 7.22. The average Bonchev–Trinajstić information content (AvgIpc) is 3.16. The second-order valence-corrected chi connectivity index (χ2v) is 7.22. The molecular weight excluding hydrogens is 366 g/mol. The van der Waals surface area contributed by atoms with Gasteiger partial charge >= 0.3 is 0 Å². The second kappa shape index (κ2) is 10.7. The molecular formula is C21H33N7O. The Kier molecular flexibility index (Phi) is 8.33. The highest BCUT2D eigenvalue weighted by molar-refractivity contribution is 5.84. The molecule has 3 N–H and O–H groups in total. The largest absolute Gasteiger partial charge is 0.391 e. The normalized spacial score (nSPS) is 12.0. The molecule has 0 saturated carbocycles. The number of anilines is 2. The summed E-state index contributed by atoms with van der Waals surface area (Å²) < 4.78 is 2.01. The van der Waals surface area contributed by atoms with Crippen LogP contribution < -0.4 is 10.6 Å². The quantitative estimate of drug-likeness (QED) is 0.528. The number of rotatable bonds is 8. The summed E-state index contributed by atoms with van der Waals surface area (Å²) in [6, 6.07) is 4.13. The van der Waals surface area contributed by atoms with Gasteiger partial charge in [0.15, 0.2) is 17.0 Å². The molecule has 0 bridgehead atoms. The zero-order valence-electron chi connectivity index (χ0n) is 18.2. The highest BCUT2D eigenvalue weighted by Gasteiger charge is 2.16. The Hall–Kier alpha value is -2.74. The third-order valence-electron chi connectivity index (χ3n) is 4.40. The van der Waals surface area contributed by atoms with Gasteiger partial charge in [0, 0.05) is 31.5 Å². The fourth-order valence-corrected chi connectivity index (χ4v) is 2.62. The van der Waals surface area contributed by atoms with Gasteiger partial charge < -0.3 is 20.3 Å². The molecule has 0 amide bonds. The maximum Gasteiger partial charge on any atom is 0.226 e. The van der Waals surface area contributed by atoms with Crippen molar-refractivity contribution in [3.05, 3.63) is 36.4 Å². The van der Waals surface area contributed by atoms with Gasteiger partial charge in [-0.1, -0.05) is 33.8 Å². The zero-order valence-corrected chi connectivity index (χ0v) is 18.2. The number of hydrogen-bond donors (Lipinski definition) is 3. The minimum absolute atomic E-state index is 0.158. The van der Waals surface area contributed by atoms with Gasteiger partial charge in [-0.15, -0.1) is 0 Å². The van der Waals surface area contributed by atoms with E-state index in [1.807, 2.05) is 50.6 Å². The van der Waals surface area contributed by atoms with Gasteiger partial charge in [0.25, 0.3) is 0 Å². The van der Waals surface area contributed by atoms with Crippen LogP contribution in [0.4, 0.5) is 11.8 Å².